The second-order valence-corrected chi connectivity index (χ2v) is 6.20. The van der Waals surface area contributed by atoms with Crippen molar-refractivity contribution in [3.8, 4) is 5.75 Å². The van der Waals surface area contributed by atoms with Crippen LogP contribution in [0.2, 0.25) is 10.0 Å². The number of hydrogen-bond donors (Lipinski definition) is 0. The third-order valence-electron chi connectivity index (χ3n) is 3.61. The molecule has 0 radical (unpaired) electrons. The molecule has 0 bridgehead atoms. The number of fused-ring (bicyclic) bond motifs is 2. The Hall–Kier alpha value is -2.37. The van der Waals surface area contributed by atoms with E-state index in [9.17, 15) is 14.4 Å². The summed E-state index contributed by atoms with van der Waals surface area (Å²) in [7, 11) is 2.97. The number of carbonyl (C=O) groups excluding carboxylic acids is 3. The molecule has 0 aliphatic heterocycles. The zero-order valence-electron chi connectivity index (χ0n) is 12.7. The standard InChI is InChI=1S/C17H11Cl2NO4/c1-20(2)17(23)24-16-11(19)7-10(18)12-13(16)15(22)9-6-4-3-5-8(9)14(12)21/h3-7H,1-2H3. The first-order valence-electron chi connectivity index (χ1n) is 6.92. The van der Waals surface area contributed by atoms with Crippen LogP contribution in [0.25, 0.3) is 0 Å². The van der Waals surface area contributed by atoms with Gasteiger partial charge in [-0.15, -0.1) is 0 Å². The molecule has 5 nitrogen and oxygen atoms in total. The number of rotatable bonds is 1. The van der Waals surface area contributed by atoms with Crippen molar-refractivity contribution in [2.24, 2.45) is 0 Å². The Morgan fingerprint density at radius 1 is 0.958 bits per heavy atom. The van der Waals surface area contributed by atoms with Gasteiger partial charge in [-0.1, -0.05) is 47.5 Å². The molecule has 1 aliphatic carbocycles. The number of ketones is 2. The van der Waals surface area contributed by atoms with Crippen LogP contribution in [0.5, 0.6) is 5.75 Å². The minimum absolute atomic E-state index is 0.00803. The SMILES string of the molecule is CN(C)C(=O)Oc1c(Cl)cc(Cl)c2c1C(=O)c1ccccc1C2=O. The van der Waals surface area contributed by atoms with Gasteiger partial charge in [0.15, 0.2) is 17.3 Å². The summed E-state index contributed by atoms with van der Waals surface area (Å²) < 4.78 is 5.22. The Bertz CT molecular complexity index is 906. The van der Waals surface area contributed by atoms with E-state index < -0.39 is 17.7 Å². The summed E-state index contributed by atoms with van der Waals surface area (Å²) in [5.74, 6) is -1.04. The van der Waals surface area contributed by atoms with E-state index in [-0.39, 0.29) is 38.0 Å². The van der Waals surface area contributed by atoms with E-state index in [0.29, 0.717) is 0 Å². The number of ether oxygens (including phenoxy) is 1. The lowest BCUT2D eigenvalue weighted by Gasteiger charge is -2.22. The van der Waals surface area contributed by atoms with Gasteiger partial charge in [0.1, 0.15) is 0 Å². The molecule has 3 rings (SSSR count). The third-order valence-corrected chi connectivity index (χ3v) is 4.19. The maximum Gasteiger partial charge on any atom is 0.414 e. The van der Waals surface area contributed by atoms with Gasteiger partial charge >= 0.3 is 6.09 Å². The molecule has 0 unspecified atom stereocenters. The molecule has 0 spiro atoms. The summed E-state index contributed by atoms with van der Waals surface area (Å²) in [6.07, 6.45) is -0.722. The molecule has 24 heavy (non-hydrogen) atoms. The topological polar surface area (TPSA) is 63.7 Å². The average Bonchev–Trinajstić information content (AvgIpc) is 2.54. The molecule has 0 aromatic heterocycles. The predicted molar refractivity (Wildman–Crippen MR) is 89.5 cm³/mol. The van der Waals surface area contributed by atoms with Crippen LogP contribution >= 0.6 is 23.2 Å². The van der Waals surface area contributed by atoms with Crippen LogP contribution in [0.4, 0.5) is 4.79 Å². The van der Waals surface area contributed by atoms with Crippen molar-refractivity contribution in [1.29, 1.82) is 0 Å². The van der Waals surface area contributed by atoms with Crippen molar-refractivity contribution in [3.63, 3.8) is 0 Å². The molecule has 0 atom stereocenters. The molecule has 2 aromatic carbocycles. The Morgan fingerprint density at radius 3 is 2.04 bits per heavy atom. The highest BCUT2D eigenvalue weighted by molar-refractivity contribution is 6.42. The minimum atomic E-state index is -0.722. The third kappa shape index (κ3) is 2.46. The van der Waals surface area contributed by atoms with Crippen molar-refractivity contribution in [2.75, 3.05) is 14.1 Å². The van der Waals surface area contributed by atoms with Gasteiger partial charge in [-0.25, -0.2) is 4.79 Å². The van der Waals surface area contributed by atoms with Crippen molar-refractivity contribution in [2.45, 2.75) is 0 Å². The van der Waals surface area contributed by atoms with Gasteiger partial charge in [0.2, 0.25) is 0 Å². The fourth-order valence-electron chi connectivity index (χ4n) is 2.47. The van der Waals surface area contributed by atoms with E-state index in [4.69, 9.17) is 27.9 Å². The van der Waals surface area contributed by atoms with E-state index in [1.54, 1.807) is 18.2 Å². The molecule has 0 saturated heterocycles. The van der Waals surface area contributed by atoms with E-state index >= 15 is 0 Å². The van der Waals surface area contributed by atoms with Crippen LogP contribution in [-0.4, -0.2) is 36.7 Å². The van der Waals surface area contributed by atoms with Gasteiger partial charge in [0.05, 0.1) is 21.2 Å². The van der Waals surface area contributed by atoms with Crippen LogP contribution in [0.1, 0.15) is 31.8 Å². The fraction of sp³-hybridized carbons (Fsp3) is 0.118. The van der Waals surface area contributed by atoms with E-state index in [2.05, 4.69) is 0 Å². The smallest absolute Gasteiger partial charge is 0.408 e. The molecule has 122 valence electrons. The van der Waals surface area contributed by atoms with Crippen LogP contribution in [0, 0.1) is 0 Å². The highest BCUT2D eigenvalue weighted by Gasteiger charge is 2.36. The van der Waals surface area contributed by atoms with Crippen molar-refractivity contribution >= 4 is 40.9 Å². The van der Waals surface area contributed by atoms with Crippen molar-refractivity contribution < 1.29 is 19.1 Å². The van der Waals surface area contributed by atoms with E-state index in [1.807, 2.05) is 0 Å². The van der Waals surface area contributed by atoms with Crippen LogP contribution in [-0.2, 0) is 0 Å². The molecule has 7 heteroatoms. The van der Waals surface area contributed by atoms with Gasteiger partial charge in [0.25, 0.3) is 0 Å². The first-order chi connectivity index (χ1) is 11.3. The summed E-state index contributed by atoms with van der Waals surface area (Å²) in [5.41, 5.74) is 0.373. The van der Waals surface area contributed by atoms with E-state index in [1.165, 1.54) is 31.1 Å². The predicted octanol–water partition coefficient (Wildman–Crippen LogP) is 3.83. The molecule has 0 fully saturated rings. The first kappa shape index (κ1) is 16.5. The summed E-state index contributed by atoms with van der Waals surface area (Å²) >= 11 is 12.2. The Morgan fingerprint density at radius 2 is 1.50 bits per heavy atom. The van der Waals surface area contributed by atoms with Gasteiger partial charge in [-0.05, 0) is 6.07 Å². The maximum atomic E-state index is 12.9. The van der Waals surface area contributed by atoms with E-state index in [0.717, 1.165) is 0 Å². The number of amides is 1. The monoisotopic (exact) mass is 363 g/mol. The highest BCUT2D eigenvalue weighted by atomic mass is 35.5. The molecule has 2 aromatic rings. The number of halogens is 2. The quantitative estimate of drug-likeness (QED) is 0.658. The zero-order valence-corrected chi connectivity index (χ0v) is 14.2. The fourth-order valence-corrected chi connectivity index (χ4v) is 3.05. The Kier molecular flexibility index (Phi) is 4.07. The maximum absolute atomic E-state index is 12.9. The number of benzene rings is 2. The largest absolute Gasteiger partial charge is 0.414 e. The van der Waals surface area contributed by atoms with Crippen molar-refractivity contribution in [1.82, 2.24) is 4.90 Å². The summed E-state index contributed by atoms with van der Waals surface area (Å²) in [6.45, 7) is 0. The first-order valence-corrected chi connectivity index (χ1v) is 7.68. The molecule has 1 amide bonds. The highest BCUT2D eigenvalue weighted by Crippen LogP contribution is 2.41. The molecule has 1 aliphatic rings. The van der Waals surface area contributed by atoms with Crippen LogP contribution < -0.4 is 4.74 Å². The summed E-state index contributed by atoms with van der Waals surface area (Å²) in [5, 5.41) is 0.0157. The molecular weight excluding hydrogens is 353 g/mol. The summed E-state index contributed by atoms with van der Waals surface area (Å²) in [6, 6.07) is 7.68. The van der Waals surface area contributed by atoms with Gasteiger partial charge < -0.3 is 9.64 Å². The lowest BCUT2D eigenvalue weighted by atomic mass is 9.83. The lowest BCUT2D eigenvalue weighted by molar-refractivity contribution is 0.0976. The normalized spacial score (nSPS) is 12.5. The summed E-state index contributed by atoms with van der Waals surface area (Å²) in [4.78, 5) is 38.6. The molecule has 0 N–H and O–H groups in total. The van der Waals surface area contributed by atoms with Crippen LogP contribution in [0.15, 0.2) is 30.3 Å². The number of hydrogen-bond acceptors (Lipinski definition) is 4. The molecule has 0 heterocycles. The lowest BCUT2D eigenvalue weighted by Crippen LogP contribution is -2.28. The van der Waals surface area contributed by atoms with Crippen molar-refractivity contribution in [3.05, 3.63) is 62.6 Å². The number of nitrogens with zero attached hydrogens (tertiary/aromatic N) is 1. The van der Waals surface area contributed by atoms with Crippen LogP contribution in [0.3, 0.4) is 0 Å². The molecule has 0 saturated carbocycles. The zero-order chi connectivity index (χ0) is 17.6. The van der Waals surface area contributed by atoms with Gasteiger partial charge in [-0.2, -0.15) is 0 Å². The molecular formula is C17H11Cl2NO4. The van der Waals surface area contributed by atoms with Gasteiger partial charge in [-0.3, -0.25) is 9.59 Å². The number of carbonyl (C=O) groups is 3. The Balaban J connectivity index is 2.27. The second kappa shape index (κ2) is 5.92. The minimum Gasteiger partial charge on any atom is -0.408 e. The Labute approximate surface area is 147 Å². The van der Waals surface area contributed by atoms with Gasteiger partial charge in [0, 0.05) is 25.2 Å². The average molecular weight is 364 g/mol. The second-order valence-electron chi connectivity index (χ2n) is 5.39.